The van der Waals surface area contributed by atoms with Crippen molar-refractivity contribution in [3.8, 4) is 0 Å². The summed E-state index contributed by atoms with van der Waals surface area (Å²) in [6.45, 7) is 6.16. The van der Waals surface area contributed by atoms with Crippen LogP contribution in [0, 0.1) is 5.41 Å². The average Bonchev–Trinajstić information content (AvgIpc) is 2.29. The number of hydrogen-bond donors (Lipinski definition) is 2. The predicted octanol–water partition coefficient (Wildman–Crippen LogP) is 1.33. The Kier molecular flexibility index (Phi) is 4.74. The van der Waals surface area contributed by atoms with E-state index < -0.39 is 11.4 Å². The minimum Gasteiger partial charge on any atom is -0.481 e. The Balaban J connectivity index is 2.46. The third-order valence-electron chi connectivity index (χ3n) is 3.88. The Morgan fingerprint density at radius 1 is 1.38 bits per heavy atom. The first-order chi connectivity index (χ1) is 7.54. The van der Waals surface area contributed by atoms with Crippen LogP contribution in [0.3, 0.4) is 0 Å². The zero-order valence-corrected chi connectivity index (χ0v) is 10.3. The lowest BCUT2D eigenvalue weighted by molar-refractivity contribution is -0.152. The van der Waals surface area contributed by atoms with Gasteiger partial charge in [-0.05, 0) is 38.8 Å². The van der Waals surface area contributed by atoms with Crippen LogP contribution < -0.4 is 0 Å². The minimum atomic E-state index is -0.661. The van der Waals surface area contributed by atoms with E-state index in [-0.39, 0.29) is 6.10 Å². The van der Waals surface area contributed by atoms with Gasteiger partial charge < -0.3 is 15.1 Å². The summed E-state index contributed by atoms with van der Waals surface area (Å²) in [6.07, 6.45) is 2.59. The Morgan fingerprint density at radius 2 is 1.94 bits per heavy atom. The maximum Gasteiger partial charge on any atom is 0.309 e. The molecule has 1 atom stereocenters. The van der Waals surface area contributed by atoms with Crippen LogP contribution in [0.25, 0.3) is 0 Å². The van der Waals surface area contributed by atoms with Crippen LogP contribution in [0.1, 0.15) is 39.5 Å². The molecule has 0 aliphatic carbocycles. The Morgan fingerprint density at radius 3 is 2.31 bits per heavy atom. The molecule has 4 nitrogen and oxygen atoms in total. The average molecular weight is 229 g/mol. The quantitative estimate of drug-likeness (QED) is 0.746. The van der Waals surface area contributed by atoms with E-state index in [1.54, 1.807) is 0 Å². The standard InChI is InChI=1S/C12H23NO3/c1-3-10(14)9-13-7-5-12(4-2,6-8-13)11(15)16/h10,14H,3-9H2,1-2H3,(H,15,16). The van der Waals surface area contributed by atoms with Gasteiger partial charge >= 0.3 is 5.97 Å². The molecule has 0 aromatic heterocycles. The number of hydrogen-bond acceptors (Lipinski definition) is 3. The summed E-state index contributed by atoms with van der Waals surface area (Å²) in [4.78, 5) is 13.4. The van der Waals surface area contributed by atoms with Crippen molar-refractivity contribution in [2.45, 2.75) is 45.6 Å². The number of β-amino-alcohol motifs (C(OH)–C–C–N with tert-alkyl or cyclic N) is 1. The fourth-order valence-corrected chi connectivity index (χ4v) is 2.31. The van der Waals surface area contributed by atoms with E-state index in [0.717, 1.165) is 19.5 Å². The van der Waals surface area contributed by atoms with Gasteiger partial charge in [0, 0.05) is 6.54 Å². The van der Waals surface area contributed by atoms with Crippen molar-refractivity contribution >= 4 is 5.97 Å². The SMILES string of the molecule is CCC(O)CN1CCC(CC)(C(=O)O)CC1. The second-order valence-electron chi connectivity index (χ2n) is 4.80. The number of carbonyl (C=O) groups is 1. The highest BCUT2D eigenvalue weighted by molar-refractivity contribution is 5.74. The molecule has 1 heterocycles. The van der Waals surface area contributed by atoms with E-state index in [1.807, 2.05) is 13.8 Å². The molecule has 0 aromatic rings. The van der Waals surface area contributed by atoms with Crippen LogP contribution in [0.4, 0.5) is 0 Å². The van der Waals surface area contributed by atoms with Gasteiger partial charge in [-0.1, -0.05) is 13.8 Å². The van der Waals surface area contributed by atoms with Gasteiger partial charge in [0.1, 0.15) is 0 Å². The molecule has 16 heavy (non-hydrogen) atoms. The van der Waals surface area contributed by atoms with Gasteiger partial charge in [0.15, 0.2) is 0 Å². The molecule has 0 saturated carbocycles. The van der Waals surface area contributed by atoms with Crippen LogP contribution in [-0.2, 0) is 4.79 Å². The maximum atomic E-state index is 11.2. The number of piperidine rings is 1. The van der Waals surface area contributed by atoms with E-state index >= 15 is 0 Å². The number of aliphatic hydroxyl groups is 1. The van der Waals surface area contributed by atoms with Gasteiger partial charge in [0.2, 0.25) is 0 Å². The van der Waals surface area contributed by atoms with E-state index in [1.165, 1.54) is 0 Å². The highest BCUT2D eigenvalue weighted by Crippen LogP contribution is 2.35. The van der Waals surface area contributed by atoms with Crippen molar-refractivity contribution in [2.24, 2.45) is 5.41 Å². The number of carboxylic acids is 1. The summed E-state index contributed by atoms with van der Waals surface area (Å²) < 4.78 is 0. The molecule has 94 valence electrons. The molecule has 4 heteroatoms. The first-order valence-corrected chi connectivity index (χ1v) is 6.18. The zero-order chi connectivity index (χ0) is 12.2. The number of likely N-dealkylation sites (tertiary alicyclic amines) is 1. The Bertz CT molecular complexity index is 234. The largest absolute Gasteiger partial charge is 0.481 e. The Hall–Kier alpha value is -0.610. The minimum absolute atomic E-state index is 0.279. The predicted molar refractivity (Wildman–Crippen MR) is 62.3 cm³/mol. The first-order valence-electron chi connectivity index (χ1n) is 6.18. The fourth-order valence-electron chi connectivity index (χ4n) is 2.31. The summed E-state index contributed by atoms with van der Waals surface area (Å²) in [5.41, 5.74) is -0.520. The summed E-state index contributed by atoms with van der Waals surface area (Å²) in [5.74, 6) is -0.661. The van der Waals surface area contributed by atoms with Crippen LogP contribution in [0.5, 0.6) is 0 Å². The number of nitrogens with zero attached hydrogens (tertiary/aromatic N) is 1. The molecule has 0 amide bonds. The van der Waals surface area contributed by atoms with Crippen molar-refractivity contribution in [2.75, 3.05) is 19.6 Å². The third kappa shape index (κ3) is 2.95. The molecule has 0 bridgehead atoms. The normalized spacial score (nSPS) is 22.9. The molecule has 2 N–H and O–H groups in total. The molecular weight excluding hydrogens is 206 g/mol. The highest BCUT2D eigenvalue weighted by atomic mass is 16.4. The van der Waals surface area contributed by atoms with Gasteiger partial charge in [-0.25, -0.2) is 0 Å². The number of carboxylic acid groups (broad SMARTS) is 1. The van der Waals surface area contributed by atoms with E-state index in [9.17, 15) is 15.0 Å². The van der Waals surface area contributed by atoms with E-state index in [0.29, 0.717) is 25.8 Å². The lowest BCUT2D eigenvalue weighted by atomic mass is 9.76. The molecule has 1 unspecified atom stereocenters. The zero-order valence-electron chi connectivity index (χ0n) is 10.3. The fraction of sp³-hybridized carbons (Fsp3) is 0.917. The monoisotopic (exact) mass is 229 g/mol. The topological polar surface area (TPSA) is 60.8 Å². The molecule has 1 aliphatic heterocycles. The van der Waals surface area contributed by atoms with Crippen molar-refractivity contribution in [1.29, 1.82) is 0 Å². The highest BCUT2D eigenvalue weighted by Gasteiger charge is 2.39. The number of rotatable bonds is 5. The van der Waals surface area contributed by atoms with Gasteiger partial charge in [-0.15, -0.1) is 0 Å². The molecule has 0 spiro atoms. The summed E-state index contributed by atoms with van der Waals surface area (Å²) in [5, 5.41) is 18.8. The van der Waals surface area contributed by atoms with Crippen molar-refractivity contribution in [3.63, 3.8) is 0 Å². The van der Waals surface area contributed by atoms with Gasteiger partial charge in [-0.3, -0.25) is 4.79 Å². The van der Waals surface area contributed by atoms with E-state index in [4.69, 9.17) is 0 Å². The van der Waals surface area contributed by atoms with Crippen LogP contribution in [0.2, 0.25) is 0 Å². The van der Waals surface area contributed by atoms with Gasteiger partial charge in [0.25, 0.3) is 0 Å². The van der Waals surface area contributed by atoms with Crippen molar-refractivity contribution < 1.29 is 15.0 Å². The maximum absolute atomic E-state index is 11.2. The number of aliphatic carboxylic acids is 1. The van der Waals surface area contributed by atoms with Crippen LogP contribution in [0.15, 0.2) is 0 Å². The molecule has 1 aliphatic rings. The van der Waals surface area contributed by atoms with Crippen LogP contribution >= 0.6 is 0 Å². The Labute approximate surface area is 97.3 Å². The van der Waals surface area contributed by atoms with Gasteiger partial charge in [0.05, 0.1) is 11.5 Å². The molecule has 1 fully saturated rings. The summed E-state index contributed by atoms with van der Waals surface area (Å²) in [7, 11) is 0. The van der Waals surface area contributed by atoms with Gasteiger partial charge in [-0.2, -0.15) is 0 Å². The van der Waals surface area contributed by atoms with E-state index in [2.05, 4.69) is 4.90 Å². The first kappa shape index (κ1) is 13.5. The van der Waals surface area contributed by atoms with Crippen molar-refractivity contribution in [3.05, 3.63) is 0 Å². The summed E-state index contributed by atoms with van der Waals surface area (Å²) >= 11 is 0. The molecule has 0 aromatic carbocycles. The second-order valence-corrected chi connectivity index (χ2v) is 4.80. The van der Waals surface area contributed by atoms with Crippen molar-refractivity contribution in [1.82, 2.24) is 4.90 Å². The lowest BCUT2D eigenvalue weighted by Gasteiger charge is -2.38. The second kappa shape index (κ2) is 5.64. The van der Waals surface area contributed by atoms with Crippen LogP contribution in [-0.4, -0.2) is 46.8 Å². The lowest BCUT2D eigenvalue weighted by Crippen LogP contribution is -2.46. The third-order valence-corrected chi connectivity index (χ3v) is 3.88. The number of aliphatic hydroxyl groups excluding tert-OH is 1. The molecule has 1 rings (SSSR count). The smallest absolute Gasteiger partial charge is 0.309 e. The molecule has 1 saturated heterocycles. The molecule has 0 radical (unpaired) electrons. The molecular formula is C12H23NO3. The summed E-state index contributed by atoms with van der Waals surface area (Å²) in [6, 6.07) is 0.